The van der Waals surface area contributed by atoms with Gasteiger partial charge in [-0.15, -0.1) is 0 Å². The van der Waals surface area contributed by atoms with E-state index in [1.807, 2.05) is 19.2 Å². The second-order valence-corrected chi connectivity index (χ2v) is 6.38. The molecule has 5 heteroatoms. The molecule has 1 saturated carbocycles. The number of anilines is 1. The first kappa shape index (κ1) is 16.0. The number of piperazine rings is 1. The smallest absolute Gasteiger partial charge is 0.193 e. The third-order valence-corrected chi connectivity index (χ3v) is 4.76. The zero-order valence-electron chi connectivity index (χ0n) is 14.3. The molecule has 0 bridgehead atoms. The summed E-state index contributed by atoms with van der Waals surface area (Å²) in [5.41, 5.74) is 1.27. The molecule has 0 atom stereocenters. The molecule has 1 aromatic carbocycles. The lowest BCUT2D eigenvalue weighted by atomic mass is 10.2. The predicted octanol–water partition coefficient (Wildman–Crippen LogP) is 2.19. The van der Waals surface area contributed by atoms with Gasteiger partial charge in [0.1, 0.15) is 5.75 Å². The zero-order valence-corrected chi connectivity index (χ0v) is 14.3. The number of benzene rings is 1. The Hall–Kier alpha value is -1.91. The Balaban J connectivity index is 1.47. The van der Waals surface area contributed by atoms with Gasteiger partial charge >= 0.3 is 0 Å². The first-order valence-corrected chi connectivity index (χ1v) is 8.64. The van der Waals surface area contributed by atoms with Crippen molar-refractivity contribution in [3.05, 3.63) is 24.3 Å². The van der Waals surface area contributed by atoms with Crippen LogP contribution in [-0.4, -0.2) is 57.7 Å². The highest BCUT2D eigenvalue weighted by Crippen LogP contribution is 2.31. The number of methoxy groups -OCH3 is 1. The highest BCUT2D eigenvalue weighted by molar-refractivity contribution is 5.80. The molecule has 1 saturated heterocycles. The number of rotatable bonds is 5. The molecule has 1 aliphatic carbocycles. The molecule has 3 rings (SSSR count). The highest BCUT2D eigenvalue weighted by atomic mass is 16.5. The van der Waals surface area contributed by atoms with Crippen molar-refractivity contribution in [1.82, 2.24) is 10.2 Å². The van der Waals surface area contributed by atoms with Gasteiger partial charge in [0.05, 0.1) is 7.11 Å². The van der Waals surface area contributed by atoms with E-state index in [4.69, 9.17) is 4.74 Å². The standard InChI is InChI=1S/C18H28N4O/c1-19-18(20-10-9-15-3-4-15)22-13-11-21(12-14-22)16-5-7-17(23-2)8-6-16/h5-8,15H,3-4,9-14H2,1-2H3,(H,19,20). The summed E-state index contributed by atoms with van der Waals surface area (Å²) in [7, 11) is 3.59. The number of hydrogen-bond acceptors (Lipinski definition) is 3. The number of aliphatic imine (C=N–C) groups is 1. The summed E-state index contributed by atoms with van der Waals surface area (Å²) >= 11 is 0. The number of guanidine groups is 1. The SMILES string of the molecule is CN=C(NCCC1CC1)N1CCN(c2ccc(OC)cc2)CC1. The van der Waals surface area contributed by atoms with E-state index in [0.29, 0.717) is 0 Å². The van der Waals surface area contributed by atoms with Crippen LogP contribution in [0.15, 0.2) is 29.3 Å². The number of nitrogens with zero attached hydrogens (tertiary/aromatic N) is 3. The van der Waals surface area contributed by atoms with Crippen molar-refractivity contribution in [2.75, 3.05) is 51.8 Å². The summed E-state index contributed by atoms with van der Waals surface area (Å²) in [6.07, 6.45) is 4.12. The first-order chi connectivity index (χ1) is 11.3. The van der Waals surface area contributed by atoms with E-state index in [9.17, 15) is 0 Å². The minimum atomic E-state index is 0.910. The lowest BCUT2D eigenvalue weighted by Gasteiger charge is -2.37. The topological polar surface area (TPSA) is 40.1 Å². The van der Waals surface area contributed by atoms with Crippen molar-refractivity contribution in [2.45, 2.75) is 19.3 Å². The van der Waals surface area contributed by atoms with Crippen LogP contribution in [0.25, 0.3) is 0 Å². The van der Waals surface area contributed by atoms with Gasteiger partial charge in [0.15, 0.2) is 5.96 Å². The van der Waals surface area contributed by atoms with Crippen LogP contribution in [-0.2, 0) is 0 Å². The Morgan fingerprint density at radius 2 is 1.87 bits per heavy atom. The van der Waals surface area contributed by atoms with Gasteiger partial charge in [0.25, 0.3) is 0 Å². The number of nitrogens with one attached hydrogen (secondary N) is 1. The predicted molar refractivity (Wildman–Crippen MR) is 95.5 cm³/mol. The first-order valence-electron chi connectivity index (χ1n) is 8.64. The zero-order chi connectivity index (χ0) is 16.1. The summed E-state index contributed by atoms with van der Waals surface area (Å²) in [5, 5.41) is 3.52. The normalized spacial score (nSPS) is 19.0. The van der Waals surface area contributed by atoms with Crippen molar-refractivity contribution in [2.24, 2.45) is 10.9 Å². The van der Waals surface area contributed by atoms with E-state index in [-0.39, 0.29) is 0 Å². The van der Waals surface area contributed by atoms with Crippen molar-refractivity contribution < 1.29 is 4.74 Å². The lowest BCUT2D eigenvalue weighted by molar-refractivity contribution is 0.372. The number of ether oxygens (including phenoxy) is 1. The van der Waals surface area contributed by atoms with E-state index >= 15 is 0 Å². The van der Waals surface area contributed by atoms with Gasteiger partial charge in [0, 0.05) is 45.5 Å². The fourth-order valence-electron chi connectivity index (χ4n) is 3.10. The fraction of sp³-hybridized carbons (Fsp3) is 0.611. The van der Waals surface area contributed by atoms with Gasteiger partial charge in [-0.05, 0) is 36.6 Å². The third-order valence-electron chi connectivity index (χ3n) is 4.76. The molecule has 0 amide bonds. The van der Waals surface area contributed by atoms with Crippen molar-refractivity contribution in [3.8, 4) is 5.75 Å². The molecular weight excluding hydrogens is 288 g/mol. The Kier molecular flexibility index (Phi) is 5.26. The molecule has 0 unspecified atom stereocenters. The molecule has 1 heterocycles. The Labute approximate surface area is 139 Å². The molecule has 0 spiro atoms. The molecule has 2 aliphatic rings. The van der Waals surface area contributed by atoms with Gasteiger partial charge < -0.3 is 19.9 Å². The van der Waals surface area contributed by atoms with E-state index in [0.717, 1.165) is 50.4 Å². The van der Waals surface area contributed by atoms with Gasteiger partial charge in [-0.25, -0.2) is 0 Å². The minimum absolute atomic E-state index is 0.910. The molecule has 1 aliphatic heterocycles. The molecule has 1 aromatic rings. The van der Waals surface area contributed by atoms with Crippen LogP contribution in [0.3, 0.4) is 0 Å². The summed E-state index contributed by atoms with van der Waals surface area (Å²) < 4.78 is 5.23. The maximum atomic E-state index is 5.23. The average molecular weight is 316 g/mol. The lowest BCUT2D eigenvalue weighted by Crippen LogP contribution is -2.52. The molecule has 1 N–H and O–H groups in total. The van der Waals surface area contributed by atoms with Gasteiger partial charge in [-0.3, -0.25) is 4.99 Å². The second-order valence-electron chi connectivity index (χ2n) is 6.38. The van der Waals surface area contributed by atoms with Crippen molar-refractivity contribution in [3.63, 3.8) is 0 Å². The summed E-state index contributed by atoms with van der Waals surface area (Å²) in [6.45, 7) is 5.12. The van der Waals surface area contributed by atoms with Crippen LogP contribution in [0, 0.1) is 5.92 Å². The van der Waals surface area contributed by atoms with Crippen LogP contribution < -0.4 is 15.0 Å². The average Bonchev–Trinajstić information content (AvgIpc) is 3.43. The molecule has 126 valence electrons. The number of hydrogen-bond donors (Lipinski definition) is 1. The Morgan fingerprint density at radius 3 is 2.43 bits per heavy atom. The van der Waals surface area contributed by atoms with Crippen LogP contribution in [0.4, 0.5) is 5.69 Å². The molecule has 0 aromatic heterocycles. The fourth-order valence-corrected chi connectivity index (χ4v) is 3.10. The van der Waals surface area contributed by atoms with Crippen LogP contribution >= 0.6 is 0 Å². The molecule has 2 fully saturated rings. The van der Waals surface area contributed by atoms with Crippen molar-refractivity contribution in [1.29, 1.82) is 0 Å². The quantitative estimate of drug-likeness (QED) is 0.668. The van der Waals surface area contributed by atoms with Gasteiger partial charge in [0.2, 0.25) is 0 Å². The minimum Gasteiger partial charge on any atom is -0.497 e. The van der Waals surface area contributed by atoms with Crippen LogP contribution in [0.1, 0.15) is 19.3 Å². The molecule has 5 nitrogen and oxygen atoms in total. The summed E-state index contributed by atoms with van der Waals surface area (Å²) in [6, 6.07) is 8.33. The van der Waals surface area contributed by atoms with Crippen LogP contribution in [0.2, 0.25) is 0 Å². The van der Waals surface area contributed by atoms with E-state index in [1.165, 1.54) is 24.9 Å². The molecule has 23 heavy (non-hydrogen) atoms. The third kappa shape index (κ3) is 4.30. The largest absolute Gasteiger partial charge is 0.497 e. The molecular formula is C18H28N4O. The Bertz CT molecular complexity index is 516. The summed E-state index contributed by atoms with van der Waals surface area (Å²) in [5.74, 6) is 2.93. The van der Waals surface area contributed by atoms with E-state index in [1.54, 1.807) is 7.11 Å². The summed E-state index contributed by atoms with van der Waals surface area (Å²) in [4.78, 5) is 9.24. The maximum Gasteiger partial charge on any atom is 0.193 e. The van der Waals surface area contributed by atoms with E-state index in [2.05, 4.69) is 32.2 Å². The van der Waals surface area contributed by atoms with Crippen LogP contribution in [0.5, 0.6) is 5.75 Å². The second kappa shape index (κ2) is 7.57. The Morgan fingerprint density at radius 1 is 1.17 bits per heavy atom. The van der Waals surface area contributed by atoms with Gasteiger partial charge in [-0.1, -0.05) is 12.8 Å². The van der Waals surface area contributed by atoms with E-state index < -0.39 is 0 Å². The highest BCUT2D eigenvalue weighted by Gasteiger charge is 2.22. The van der Waals surface area contributed by atoms with Gasteiger partial charge in [-0.2, -0.15) is 0 Å². The monoisotopic (exact) mass is 316 g/mol. The molecule has 0 radical (unpaired) electrons. The van der Waals surface area contributed by atoms with Crippen molar-refractivity contribution >= 4 is 11.6 Å². The maximum absolute atomic E-state index is 5.23.